The first-order chi connectivity index (χ1) is 37.3. The number of likely N-dealkylation sites (N-methyl/N-ethyl adjacent to an activating group) is 1. The normalized spacial score (nSPS) is 18.6. The van der Waals surface area contributed by atoms with Crippen molar-refractivity contribution >= 4 is 89.7 Å². The van der Waals surface area contributed by atoms with Crippen LogP contribution in [0.25, 0.3) is 10.8 Å². The monoisotopic (exact) mass is 1120 g/mol. The van der Waals surface area contributed by atoms with Crippen LogP contribution >= 0.6 is 0 Å². The number of pyridine rings is 1. The van der Waals surface area contributed by atoms with Crippen molar-refractivity contribution in [1.29, 1.82) is 0 Å². The molecule has 0 radical (unpaired) electrons. The van der Waals surface area contributed by atoms with E-state index in [1.54, 1.807) is 59.2 Å². The summed E-state index contributed by atoms with van der Waals surface area (Å²) in [5.74, 6) is -4.63. The molecule has 0 bridgehead atoms. The minimum absolute atomic E-state index is 0.00659. The van der Waals surface area contributed by atoms with Crippen LogP contribution in [0.3, 0.4) is 0 Å². The van der Waals surface area contributed by atoms with E-state index >= 15 is 0 Å². The summed E-state index contributed by atoms with van der Waals surface area (Å²) >= 11 is 0. The van der Waals surface area contributed by atoms with Gasteiger partial charge in [-0.1, -0.05) is 55.0 Å². The van der Waals surface area contributed by atoms with Crippen LogP contribution in [-0.2, 0) is 82.5 Å². The number of aromatic nitrogens is 1. The molecular formula is C55H58N6O16S2. The van der Waals surface area contributed by atoms with Gasteiger partial charge in [0, 0.05) is 74.1 Å². The average Bonchev–Trinajstić information content (AvgIpc) is 3.99. The molecule has 1 unspecified atom stereocenters. The number of allylic oxidation sites excluding steroid dienone is 6. The third kappa shape index (κ3) is 12.4. The van der Waals surface area contributed by atoms with E-state index in [0.29, 0.717) is 63.7 Å². The van der Waals surface area contributed by atoms with E-state index in [1.807, 2.05) is 50.9 Å². The highest BCUT2D eigenvalue weighted by Gasteiger charge is 2.45. The standard InChI is InChI=1S/C55H58N6O16S2/c1-54(2)40-32-37(52(67)58(5)75-30-11-7-10-18-49(66)76-60-45(62)25-26-46(60)63)34-59(29-13-31-78(69,70)71)51(40)56-43(54)16-8-6-9-17-44-55(3,33-35-19-21-36(22-20-35)53(68)77-61-47(64)27-28-48(61)65)50-39-14-12-15-42(79(72,73)74)38(39)23-24-41(50)57(44)4/h6,8-9,12,14-17,19-24,32,34H,7,10-11,13,18,25-31,33H2,1-5H3,(H-,69,70,71,72,73,74). The maximum absolute atomic E-state index is 13.9. The molecule has 4 aliphatic heterocycles. The van der Waals surface area contributed by atoms with Gasteiger partial charge in [-0.15, -0.1) is 10.1 Å². The molecule has 24 heteroatoms. The van der Waals surface area contributed by atoms with E-state index < -0.39 is 78.3 Å². The van der Waals surface area contributed by atoms with Crippen molar-refractivity contribution in [1.82, 2.24) is 15.2 Å². The Morgan fingerprint density at radius 2 is 1.47 bits per heavy atom. The molecule has 2 saturated heterocycles. The molecule has 1 atom stereocenters. The van der Waals surface area contributed by atoms with Gasteiger partial charge in [0.1, 0.15) is 11.1 Å². The second-order valence-electron chi connectivity index (χ2n) is 20.2. The van der Waals surface area contributed by atoms with Gasteiger partial charge in [0.05, 0.1) is 45.4 Å². The Labute approximate surface area is 455 Å². The van der Waals surface area contributed by atoms with E-state index in [0.717, 1.165) is 27.6 Å². The van der Waals surface area contributed by atoms with Crippen LogP contribution in [0.1, 0.15) is 116 Å². The van der Waals surface area contributed by atoms with Crippen LogP contribution in [0.5, 0.6) is 0 Å². The average molecular weight is 1120 g/mol. The second kappa shape index (κ2) is 22.9. The number of hydrogen-bond acceptors (Lipinski definition) is 17. The van der Waals surface area contributed by atoms with Crippen LogP contribution in [0.4, 0.5) is 11.5 Å². The van der Waals surface area contributed by atoms with Crippen molar-refractivity contribution in [2.75, 3.05) is 31.4 Å². The number of amides is 5. The summed E-state index contributed by atoms with van der Waals surface area (Å²) in [6, 6.07) is 16.3. The largest absolute Gasteiger partial charge is 0.748 e. The number of aliphatic imine (C=N–C) groups is 1. The van der Waals surface area contributed by atoms with Crippen LogP contribution in [0.2, 0.25) is 0 Å². The summed E-state index contributed by atoms with van der Waals surface area (Å²) in [6.45, 7) is 6.00. The number of aryl methyl sites for hydroxylation is 1. The molecule has 22 nitrogen and oxygen atoms in total. The highest BCUT2D eigenvalue weighted by molar-refractivity contribution is 7.86. The number of nitrogens with zero attached hydrogens (tertiary/aromatic N) is 6. The molecule has 3 aromatic carbocycles. The van der Waals surface area contributed by atoms with Gasteiger partial charge >= 0.3 is 17.8 Å². The van der Waals surface area contributed by atoms with Gasteiger partial charge in [0.15, 0.2) is 5.71 Å². The lowest BCUT2D eigenvalue weighted by atomic mass is 9.74. The third-order valence-corrected chi connectivity index (χ3v) is 16.0. The van der Waals surface area contributed by atoms with E-state index in [9.17, 15) is 59.5 Å². The first-order valence-electron chi connectivity index (χ1n) is 25.4. The summed E-state index contributed by atoms with van der Waals surface area (Å²) in [5.41, 5.74) is 3.04. The Morgan fingerprint density at radius 3 is 2.11 bits per heavy atom. The Morgan fingerprint density at radius 1 is 0.810 bits per heavy atom. The first kappa shape index (κ1) is 57.4. The maximum Gasteiger partial charge on any atom is 0.363 e. The SMILES string of the molecule is CN(OCCCCCC(=O)ON1C(=O)CCC1=O)C(=O)c1cc2c([n+](CCCS(=O)(=O)[O-])c1)N=C(/C=C/C=C/C=C1/N(C)c3ccc4c(S(=O)(=O)O)cccc4c3C1(C)Cc1ccc(C(=O)ON3C(=O)CCC3=O)cc1)C2(C)C. The lowest BCUT2D eigenvalue weighted by molar-refractivity contribution is -0.684. The molecule has 2 fully saturated rings. The number of carbonyl (C=O) groups is 7. The number of unbranched alkanes of at least 4 members (excludes halogenated alkanes) is 2. The van der Waals surface area contributed by atoms with Gasteiger partial charge in [0.25, 0.3) is 39.7 Å². The lowest BCUT2D eigenvalue weighted by Gasteiger charge is -2.29. The van der Waals surface area contributed by atoms with Crippen LogP contribution in [0, 0.1) is 0 Å². The Hall–Kier alpha value is -7.77. The molecular weight excluding hydrogens is 1060 g/mol. The molecule has 8 rings (SSSR count). The van der Waals surface area contributed by atoms with Crippen molar-refractivity contribution in [3.05, 3.63) is 131 Å². The summed E-state index contributed by atoms with van der Waals surface area (Å²) < 4.78 is 71.9. The molecule has 79 heavy (non-hydrogen) atoms. The molecule has 0 spiro atoms. The zero-order valence-corrected chi connectivity index (χ0v) is 45.6. The Bertz CT molecular complexity index is 3520. The predicted molar refractivity (Wildman–Crippen MR) is 282 cm³/mol. The number of rotatable bonds is 21. The van der Waals surface area contributed by atoms with E-state index in [1.165, 1.54) is 31.4 Å². The molecule has 1 aromatic heterocycles. The number of imide groups is 2. The van der Waals surface area contributed by atoms with Crippen molar-refractivity contribution in [3.63, 3.8) is 0 Å². The van der Waals surface area contributed by atoms with Crippen LogP contribution < -0.4 is 9.47 Å². The summed E-state index contributed by atoms with van der Waals surface area (Å²) in [7, 11) is -5.83. The highest BCUT2D eigenvalue weighted by atomic mass is 32.2. The predicted octanol–water partition coefficient (Wildman–Crippen LogP) is 5.71. The summed E-state index contributed by atoms with van der Waals surface area (Å²) in [5, 5.41) is 2.97. The van der Waals surface area contributed by atoms with Crippen molar-refractivity contribution in [3.8, 4) is 0 Å². The number of benzene rings is 3. The van der Waals surface area contributed by atoms with E-state index in [2.05, 4.69) is 0 Å². The van der Waals surface area contributed by atoms with Crippen LogP contribution in [0.15, 0.2) is 113 Å². The molecule has 4 aromatic rings. The van der Waals surface area contributed by atoms with Gasteiger partial charge in [-0.05, 0) is 110 Å². The molecule has 5 amide bonds. The smallest absolute Gasteiger partial charge is 0.363 e. The minimum Gasteiger partial charge on any atom is -0.748 e. The van der Waals surface area contributed by atoms with Gasteiger partial charge in [-0.3, -0.25) is 33.4 Å². The zero-order valence-electron chi connectivity index (χ0n) is 44.0. The minimum atomic E-state index is -4.61. The van der Waals surface area contributed by atoms with E-state index in [-0.39, 0.29) is 67.7 Å². The fourth-order valence-corrected chi connectivity index (χ4v) is 11.4. The van der Waals surface area contributed by atoms with Gasteiger partial charge < -0.3 is 19.1 Å². The zero-order chi connectivity index (χ0) is 57.2. The fraction of sp³-hybridized carbons (Fsp3) is 0.364. The number of carbonyl (C=O) groups excluding carboxylic acids is 7. The molecule has 5 heterocycles. The van der Waals surface area contributed by atoms with E-state index in [4.69, 9.17) is 19.5 Å². The number of hydrogen-bond donors (Lipinski definition) is 1. The number of anilines is 1. The number of fused-ring (bicyclic) bond motifs is 4. The molecule has 1 N–H and O–H groups in total. The van der Waals surface area contributed by atoms with Crippen molar-refractivity contribution in [2.45, 2.75) is 107 Å². The van der Waals surface area contributed by atoms with Crippen molar-refractivity contribution in [2.24, 2.45) is 4.99 Å². The van der Waals surface area contributed by atoms with Gasteiger partial charge in [-0.25, -0.2) is 27.6 Å². The molecule has 4 aliphatic rings. The molecule has 416 valence electrons. The number of hydroxylamine groups is 6. The fourth-order valence-electron chi connectivity index (χ4n) is 10.2. The third-order valence-electron chi connectivity index (χ3n) is 14.3. The molecule has 0 saturated carbocycles. The Balaban J connectivity index is 1.00. The Kier molecular flexibility index (Phi) is 16.6. The topological polar surface area (TPSA) is 288 Å². The summed E-state index contributed by atoms with van der Waals surface area (Å²) in [4.78, 5) is 109. The highest BCUT2D eigenvalue weighted by Crippen LogP contribution is 2.52. The van der Waals surface area contributed by atoms with Crippen LogP contribution in [-0.4, -0.2) is 115 Å². The second-order valence-corrected chi connectivity index (χ2v) is 23.1. The summed E-state index contributed by atoms with van der Waals surface area (Å²) in [6.07, 6.45) is 12.2. The van der Waals surface area contributed by atoms with Gasteiger partial charge in [0.2, 0.25) is 0 Å². The van der Waals surface area contributed by atoms with Gasteiger partial charge in [-0.2, -0.15) is 8.42 Å². The quantitative estimate of drug-likeness (QED) is 0.0261. The maximum atomic E-state index is 13.9. The lowest BCUT2D eigenvalue weighted by Crippen LogP contribution is -2.39. The van der Waals surface area contributed by atoms with Crippen molar-refractivity contribution < 1.29 is 78.6 Å². The molecule has 0 aliphatic carbocycles. The first-order valence-corrected chi connectivity index (χ1v) is 28.4.